The van der Waals surface area contributed by atoms with E-state index in [2.05, 4.69) is 18.8 Å². The normalized spacial score (nSPS) is 12.3. The van der Waals surface area contributed by atoms with Gasteiger partial charge < -0.3 is 15.4 Å². The highest BCUT2D eigenvalue weighted by molar-refractivity contribution is 5.94. The Morgan fingerprint density at radius 2 is 2.20 bits per heavy atom. The van der Waals surface area contributed by atoms with Gasteiger partial charge in [-0.2, -0.15) is 0 Å². The SMILES string of the molecule is CCOC(=O)c1cccnc1N(C)CCC(N)C(C)C. The number of nitrogens with zero attached hydrogens (tertiary/aromatic N) is 2. The van der Waals surface area contributed by atoms with Gasteiger partial charge in [0.2, 0.25) is 0 Å². The van der Waals surface area contributed by atoms with E-state index in [9.17, 15) is 4.79 Å². The van der Waals surface area contributed by atoms with Crippen LogP contribution in [-0.4, -0.2) is 37.2 Å². The number of esters is 1. The van der Waals surface area contributed by atoms with Crippen LogP contribution in [0.2, 0.25) is 0 Å². The van der Waals surface area contributed by atoms with Gasteiger partial charge in [0, 0.05) is 25.8 Å². The van der Waals surface area contributed by atoms with E-state index in [0.29, 0.717) is 23.9 Å². The van der Waals surface area contributed by atoms with Crippen molar-refractivity contribution in [2.75, 3.05) is 25.1 Å². The van der Waals surface area contributed by atoms with Crippen LogP contribution >= 0.6 is 0 Å². The Kier molecular flexibility index (Phi) is 6.45. The van der Waals surface area contributed by atoms with E-state index in [-0.39, 0.29) is 12.0 Å². The zero-order valence-electron chi connectivity index (χ0n) is 12.8. The molecule has 0 saturated carbocycles. The summed E-state index contributed by atoms with van der Waals surface area (Å²) >= 11 is 0. The molecule has 1 unspecified atom stereocenters. The van der Waals surface area contributed by atoms with Gasteiger partial charge in [0.15, 0.2) is 0 Å². The monoisotopic (exact) mass is 279 g/mol. The summed E-state index contributed by atoms with van der Waals surface area (Å²) in [4.78, 5) is 18.1. The Hall–Kier alpha value is -1.62. The van der Waals surface area contributed by atoms with E-state index in [4.69, 9.17) is 10.5 Å². The highest BCUT2D eigenvalue weighted by Gasteiger charge is 2.17. The smallest absolute Gasteiger partial charge is 0.341 e. The molecule has 0 bridgehead atoms. The summed E-state index contributed by atoms with van der Waals surface area (Å²) in [6.07, 6.45) is 2.53. The molecule has 0 saturated heterocycles. The first-order valence-electron chi connectivity index (χ1n) is 7.06. The molecule has 0 aliphatic carbocycles. The molecule has 0 radical (unpaired) electrons. The van der Waals surface area contributed by atoms with Crippen LogP contribution in [-0.2, 0) is 4.74 Å². The maximum Gasteiger partial charge on any atom is 0.341 e. The molecule has 5 heteroatoms. The highest BCUT2D eigenvalue weighted by atomic mass is 16.5. The van der Waals surface area contributed by atoms with Gasteiger partial charge >= 0.3 is 5.97 Å². The van der Waals surface area contributed by atoms with Crippen LogP contribution in [0.3, 0.4) is 0 Å². The largest absolute Gasteiger partial charge is 0.462 e. The molecular formula is C15H25N3O2. The molecule has 1 aromatic heterocycles. The molecule has 0 aromatic carbocycles. The van der Waals surface area contributed by atoms with Crippen molar-refractivity contribution in [2.45, 2.75) is 33.2 Å². The van der Waals surface area contributed by atoms with Gasteiger partial charge in [0.05, 0.1) is 6.61 Å². The molecule has 1 heterocycles. The van der Waals surface area contributed by atoms with E-state index < -0.39 is 0 Å². The average molecular weight is 279 g/mol. The summed E-state index contributed by atoms with van der Waals surface area (Å²) < 4.78 is 5.05. The Balaban J connectivity index is 2.77. The van der Waals surface area contributed by atoms with Gasteiger partial charge in [0.1, 0.15) is 11.4 Å². The Bertz CT molecular complexity index is 435. The fourth-order valence-electron chi connectivity index (χ4n) is 1.85. The number of anilines is 1. The predicted octanol–water partition coefficient (Wildman–Crippen LogP) is 2.07. The number of nitrogens with two attached hydrogens (primary N) is 1. The van der Waals surface area contributed by atoms with Crippen molar-refractivity contribution in [3.05, 3.63) is 23.9 Å². The third-order valence-corrected chi connectivity index (χ3v) is 3.30. The van der Waals surface area contributed by atoms with Gasteiger partial charge in [-0.05, 0) is 31.4 Å². The quantitative estimate of drug-likeness (QED) is 0.774. The van der Waals surface area contributed by atoms with Crippen LogP contribution in [0.4, 0.5) is 5.82 Å². The van der Waals surface area contributed by atoms with Crippen LogP contribution in [0, 0.1) is 5.92 Å². The van der Waals surface area contributed by atoms with Gasteiger partial charge in [-0.25, -0.2) is 9.78 Å². The fraction of sp³-hybridized carbons (Fsp3) is 0.600. The van der Waals surface area contributed by atoms with E-state index in [1.807, 2.05) is 11.9 Å². The molecular weight excluding hydrogens is 254 g/mol. The number of ether oxygens (including phenoxy) is 1. The van der Waals surface area contributed by atoms with Crippen molar-refractivity contribution in [1.29, 1.82) is 0 Å². The lowest BCUT2D eigenvalue weighted by atomic mass is 10.0. The predicted molar refractivity (Wildman–Crippen MR) is 80.9 cm³/mol. The fourth-order valence-corrected chi connectivity index (χ4v) is 1.85. The van der Waals surface area contributed by atoms with E-state index in [1.54, 1.807) is 25.3 Å². The lowest BCUT2D eigenvalue weighted by Gasteiger charge is -2.23. The summed E-state index contributed by atoms with van der Waals surface area (Å²) in [7, 11) is 1.91. The van der Waals surface area contributed by atoms with Crippen molar-refractivity contribution >= 4 is 11.8 Å². The summed E-state index contributed by atoms with van der Waals surface area (Å²) in [5.41, 5.74) is 6.55. The first-order chi connectivity index (χ1) is 9.47. The molecule has 1 rings (SSSR count). The number of carbonyl (C=O) groups is 1. The molecule has 0 fully saturated rings. The Morgan fingerprint density at radius 1 is 1.50 bits per heavy atom. The molecule has 0 aliphatic heterocycles. The molecule has 20 heavy (non-hydrogen) atoms. The maximum absolute atomic E-state index is 11.9. The average Bonchev–Trinajstić information content (AvgIpc) is 2.44. The standard InChI is InChI=1S/C15H25N3O2/c1-5-20-15(19)12-7-6-9-17-14(12)18(4)10-8-13(16)11(2)3/h6-7,9,11,13H,5,8,10,16H2,1-4H3. The van der Waals surface area contributed by atoms with E-state index >= 15 is 0 Å². The third-order valence-electron chi connectivity index (χ3n) is 3.30. The molecule has 0 amide bonds. The number of hydrogen-bond donors (Lipinski definition) is 1. The van der Waals surface area contributed by atoms with Crippen molar-refractivity contribution in [1.82, 2.24) is 4.98 Å². The number of hydrogen-bond acceptors (Lipinski definition) is 5. The number of pyridine rings is 1. The van der Waals surface area contributed by atoms with Gasteiger partial charge in [-0.15, -0.1) is 0 Å². The van der Waals surface area contributed by atoms with Crippen molar-refractivity contribution < 1.29 is 9.53 Å². The van der Waals surface area contributed by atoms with Crippen LogP contribution in [0.25, 0.3) is 0 Å². The minimum Gasteiger partial charge on any atom is -0.462 e. The summed E-state index contributed by atoms with van der Waals surface area (Å²) in [5.74, 6) is 0.745. The molecule has 0 aliphatic rings. The van der Waals surface area contributed by atoms with Crippen molar-refractivity contribution in [2.24, 2.45) is 11.7 Å². The summed E-state index contributed by atoms with van der Waals surface area (Å²) in [5, 5.41) is 0. The third kappa shape index (κ3) is 4.49. The van der Waals surface area contributed by atoms with Crippen LogP contribution in [0.5, 0.6) is 0 Å². The zero-order chi connectivity index (χ0) is 15.1. The summed E-state index contributed by atoms with van der Waals surface area (Å²) in [6.45, 7) is 7.11. The zero-order valence-corrected chi connectivity index (χ0v) is 12.8. The van der Waals surface area contributed by atoms with Crippen LogP contribution in [0.15, 0.2) is 18.3 Å². The highest BCUT2D eigenvalue weighted by Crippen LogP contribution is 2.18. The molecule has 2 N–H and O–H groups in total. The lowest BCUT2D eigenvalue weighted by Crippen LogP contribution is -2.32. The second-order valence-corrected chi connectivity index (χ2v) is 5.21. The van der Waals surface area contributed by atoms with Crippen molar-refractivity contribution in [3.63, 3.8) is 0 Å². The number of aromatic nitrogens is 1. The van der Waals surface area contributed by atoms with Crippen LogP contribution in [0.1, 0.15) is 37.6 Å². The Labute approximate surface area is 121 Å². The number of carbonyl (C=O) groups excluding carboxylic acids is 1. The van der Waals surface area contributed by atoms with Crippen LogP contribution < -0.4 is 10.6 Å². The summed E-state index contributed by atoms with van der Waals surface area (Å²) in [6, 6.07) is 3.62. The topological polar surface area (TPSA) is 68.5 Å². The van der Waals surface area contributed by atoms with Crippen molar-refractivity contribution in [3.8, 4) is 0 Å². The van der Waals surface area contributed by atoms with Gasteiger partial charge in [-0.1, -0.05) is 13.8 Å². The minimum atomic E-state index is -0.337. The molecule has 112 valence electrons. The minimum absolute atomic E-state index is 0.146. The lowest BCUT2D eigenvalue weighted by molar-refractivity contribution is 0.0526. The second kappa shape index (κ2) is 7.85. The molecule has 1 atom stereocenters. The second-order valence-electron chi connectivity index (χ2n) is 5.21. The molecule has 0 spiro atoms. The maximum atomic E-state index is 11.9. The van der Waals surface area contributed by atoms with Gasteiger partial charge in [-0.3, -0.25) is 0 Å². The Morgan fingerprint density at radius 3 is 2.80 bits per heavy atom. The number of rotatable bonds is 7. The van der Waals surface area contributed by atoms with E-state index in [1.165, 1.54) is 0 Å². The first-order valence-corrected chi connectivity index (χ1v) is 7.06. The molecule has 5 nitrogen and oxygen atoms in total. The molecule has 1 aromatic rings. The van der Waals surface area contributed by atoms with E-state index in [0.717, 1.165) is 13.0 Å². The van der Waals surface area contributed by atoms with Gasteiger partial charge in [0.25, 0.3) is 0 Å². The first kappa shape index (κ1) is 16.4.